The molecule has 2 atom stereocenters. The van der Waals surface area contributed by atoms with Gasteiger partial charge in [0.2, 0.25) is 5.91 Å². The van der Waals surface area contributed by atoms with Crippen molar-refractivity contribution in [2.24, 2.45) is 0 Å². The number of nitrogens with zero attached hydrogens (tertiary/aromatic N) is 1. The summed E-state index contributed by atoms with van der Waals surface area (Å²) in [5.74, 6) is -0.110. The van der Waals surface area contributed by atoms with Crippen LogP contribution in [0.4, 0.5) is 5.69 Å². The Balaban J connectivity index is 1.63. The van der Waals surface area contributed by atoms with E-state index < -0.39 is 0 Å². The molecule has 1 heterocycles. The van der Waals surface area contributed by atoms with Gasteiger partial charge in [-0.05, 0) is 30.2 Å². The summed E-state index contributed by atoms with van der Waals surface area (Å²) in [6, 6.07) is 18.8. The number of nitriles is 1. The van der Waals surface area contributed by atoms with Gasteiger partial charge in [-0.1, -0.05) is 36.4 Å². The van der Waals surface area contributed by atoms with Crippen LogP contribution in [0.3, 0.4) is 0 Å². The molecular weight excluding hydrogens is 276 g/mol. The standard InChI is InChI=1S/C17H16N4O/c18-11-12-5-4-8-14(9-12)19-17(22)16-10-15(20-21-16)13-6-2-1-3-7-13/h1-9,15-16,20-21H,10H2,(H,19,22). The van der Waals surface area contributed by atoms with Crippen molar-refractivity contribution in [3.63, 3.8) is 0 Å². The van der Waals surface area contributed by atoms with Crippen molar-refractivity contribution in [1.29, 1.82) is 5.26 Å². The fourth-order valence-electron chi connectivity index (χ4n) is 2.53. The highest BCUT2D eigenvalue weighted by Gasteiger charge is 2.29. The monoisotopic (exact) mass is 292 g/mol. The van der Waals surface area contributed by atoms with Crippen LogP contribution in [-0.2, 0) is 4.79 Å². The molecule has 1 aliphatic rings. The van der Waals surface area contributed by atoms with Gasteiger partial charge in [-0.2, -0.15) is 5.26 Å². The van der Waals surface area contributed by atoms with Crippen LogP contribution in [0.1, 0.15) is 23.6 Å². The number of anilines is 1. The van der Waals surface area contributed by atoms with E-state index in [1.807, 2.05) is 30.3 Å². The molecule has 3 rings (SSSR count). The molecule has 22 heavy (non-hydrogen) atoms. The van der Waals surface area contributed by atoms with Gasteiger partial charge in [0.15, 0.2) is 0 Å². The third kappa shape index (κ3) is 3.14. The molecule has 5 nitrogen and oxygen atoms in total. The summed E-state index contributed by atoms with van der Waals surface area (Å²) >= 11 is 0. The molecule has 0 bridgehead atoms. The minimum atomic E-state index is -0.309. The number of rotatable bonds is 3. The van der Waals surface area contributed by atoms with Crippen molar-refractivity contribution in [2.45, 2.75) is 18.5 Å². The van der Waals surface area contributed by atoms with E-state index in [-0.39, 0.29) is 18.0 Å². The number of nitrogens with one attached hydrogen (secondary N) is 3. The number of carbonyl (C=O) groups is 1. The number of amides is 1. The minimum absolute atomic E-state index is 0.110. The van der Waals surface area contributed by atoms with Crippen molar-refractivity contribution in [3.8, 4) is 6.07 Å². The molecule has 1 fully saturated rings. The Hall–Kier alpha value is -2.68. The highest BCUT2D eigenvalue weighted by atomic mass is 16.2. The molecule has 2 aromatic carbocycles. The fourth-order valence-corrected chi connectivity index (χ4v) is 2.53. The van der Waals surface area contributed by atoms with Gasteiger partial charge in [0, 0.05) is 11.7 Å². The van der Waals surface area contributed by atoms with Gasteiger partial charge in [-0.3, -0.25) is 4.79 Å². The van der Waals surface area contributed by atoms with Crippen LogP contribution in [0.15, 0.2) is 54.6 Å². The van der Waals surface area contributed by atoms with Crippen LogP contribution in [0.2, 0.25) is 0 Å². The molecule has 0 radical (unpaired) electrons. The van der Waals surface area contributed by atoms with E-state index in [4.69, 9.17) is 5.26 Å². The Morgan fingerprint density at radius 3 is 2.73 bits per heavy atom. The maximum Gasteiger partial charge on any atom is 0.242 e. The zero-order chi connectivity index (χ0) is 15.4. The topological polar surface area (TPSA) is 77.0 Å². The molecule has 2 unspecified atom stereocenters. The van der Waals surface area contributed by atoms with Gasteiger partial charge in [0.1, 0.15) is 6.04 Å². The van der Waals surface area contributed by atoms with Gasteiger partial charge in [-0.25, -0.2) is 10.9 Å². The van der Waals surface area contributed by atoms with Crippen molar-refractivity contribution in [2.75, 3.05) is 5.32 Å². The lowest BCUT2D eigenvalue weighted by atomic mass is 10.0. The second-order valence-electron chi connectivity index (χ2n) is 5.22. The Bertz CT molecular complexity index is 708. The maximum atomic E-state index is 12.3. The van der Waals surface area contributed by atoms with Gasteiger partial charge in [-0.15, -0.1) is 0 Å². The molecular formula is C17H16N4O. The number of benzene rings is 2. The van der Waals surface area contributed by atoms with Crippen LogP contribution in [-0.4, -0.2) is 11.9 Å². The number of hydrazine groups is 1. The summed E-state index contributed by atoms with van der Waals surface area (Å²) in [5, 5.41) is 11.7. The summed E-state index contributed by atoms with van der Waals surface area (Å²) in [6.07, 6.45) is 0.674. The maximum absolute atomic E-state index is 12.3. The van der Waals surface area contributed by atoms with Crippen molar-refractivity contribution in [1.82, 2.24) is 10.9 Å². The number of carbonyl (C=O) groups excluding carboxylic acids is 1. The number of hydrogen-bond donors (Lipinski definition) is 3. The second-order valence-corrected chi connectivity index (χ2v) is 5.22. The van der Waals surface area contributed by atoms with Gasteiger partial charge >= 0.3 is 0 Å². The molecule has 3 N–H and O–H groups in total. The Morgan fingerprint density at radius 2 is 1.95 bits per heavy atom. The van der Waals surface area contributed by atoms with Crippen molar-refractivity contribution < 1.29 is 4.79 Å². The van der Waals surface area contributed by atoms with Crippen LogP contribution in [0.5, 0.6) is 0 Å². The summed E-state index contributed by atoms with van der Waals surface area (Å²) in [5.41, 5.74) is 8.48. The minimum Gasteiger partial charge on any atom is -0.325 e. The quantitative estimate of drug-likeness (QED) is 0.809. The van der Waals surface area contributed by atoms with Gasteiger partial charge in [0.05, 0.1) is 11.6 Å². The average Bonchev–Trinajstić information content (AvgIpc) is 3.06. The first kappa shape index (κ1) is 14.3. The summed E-state index contributed by atoms with van der Waals surface area (Å²) in [6.45, 7) is 0. The summed E-state index contributed by atoms with van der Waals surface area (Å²) in [7, 11) is 0. The third-order valence-electron chi connectivity index (χ3n) is 3.68. The van der Waals surface area contributed by atoms with Crippen LogP contribution in [0, 0.1) is 11.3 Å². The van der Waals surface area contributed by atoms with Crippen LogP contribution in [0.25, 0.3) is 0 Å². The average molecular weight is 292 g/mol. The van der Waals surface area contributed by atoms with Crippen LogP contribution >= 0.6 is 0 Å². The molecule has 5 heteroatoms. The van der Waals surface area contributed by atoms with E-state index >= 15 is 0 Å². The lowest BCUT2D eigenvalue weighted by Gasteiger charge is -2.11. The first-order valence-electron chi connectivity index (χ1n) is 7.13. The third-order valence-corrected chi connectivity index (χ3v) is 3.68. The molecule has 1 amide bonds. The smallest absolute Gasteiger partial charge is 0.242 e. The first-order valence-corrected chi connectivity index (χ1v) is 7.13. The van der Waals surface area contributed by atoms with E-state index in [9.17, 15) is 4.79 Å². The van der Waals surface area contributed by atoms with Gasteiger partial charge in [0.25, 0.3) is 0 Å². The molecule has 110 valence electrons. The second kappa shape index (κ2) is 6.39. The fraction of sp³-hybridized carbons (Fsp3) is 0.176. The van der Waals surface area contributed by atoms with Crippen molar-refractivity contribution >= 4 is 11.6 Å². The SMILES string of the molecule is N#Cc1cccc(NC(=O)C2CC(c3ccccc3)NN2)c1. The predicted molar refractivity (Wildman–Crippen MR) is 83.6 cm³/mol. The molecule has 1 saturated heterocycles. The first-order chi connectivity index (χ1) is 10.8. The van der Waals surface area contributed by atoms with Gasteiger partial charge < -0.3 is 5.32 Å². The lowest BCUT2D eigenvalue weighted by molar-refractivity contribution is -0.117. The molecule has 1 aliphatic heterocycles. The molecule has 0 aliphatic carbocycles. The van der Waals surface area contributed by atoms with Crippen molar-refractivity contribution in [3.05, 3.63) is 65.7 Å². The molecule has 0 saturated carbocycles. The van der Waals surface area contributed by atoms with E-state index in [2.05, 4.69) is 22.2 Å². The van der Waals surface area contributed by atoms with Crippen LogP contribution < -0.4 is 16.2 Å². The Kier molecular flexibility index (Phi) is 4.15. The molecule has 0 aromatic heterocycles. The highest BCUT2D eigenvalue weighted by Crippen LogP contribution is 2.22. The largest absolute Gasteiger partial charge is 0.325 e. The van der Waals surface area contributed by atoms with E-state index in [0.717, 1.165) is 5.56 Å². The zero-order valence-corrected chi connectivity index (χ0v) is 11.9. The van der Waals surface area contributed by atoms with E-state index in [1.54, 1.807) is 24.3 Å². The molecule has 2 aromatic rings. The lowest BCUT2D eigenvalue weighted by Crippen LogP contribution is -2.39. The van der Waals surface area contributed by atoms with E-state index in [0.29, 0.717) is 17.7 Å². The molecule has 0 spiro atoms. The highest BCUT2D eigenvalue weighted by molar-refractivity contribution is 5.95. The summed E-state index contributed by atoms with van der Waals surface area (Å²) < 4.78 is 0. The number of hydrogen-bond acceptors (Lipinski definition) is 4. The summed E-state index contributed by atoms with van der Waals surface area (Å²) in [4.78, 5) is 12.3. The van der Waals surface area contributed by atoms with E-state index in [1.165, 1.54) is 0 Å². The predicted octanol–water partition coefficient (Wildman–Crippen LogP) is 2.10. The Morgan fingerprint density at radius 1 is 1.14 bits per heavy atom. The Labute approximate surface area is 128 Å². The zero-order valence-electron chi connectivity index (χ0n) is 11.9. The normalized spacial score (nSPS) is 20.3.